The lowest BCUT2D eigenvalue weighted by atomic mass is 10.0. The van der Waals surface area contributed by atoms with Gasteiger partial charge in [-0.15, -0.1) is 0 Å². The highest BCUT2D eigenvalue weighted by atomic mass is 35.5. The summed E-state index contributed by atoms with van der Waals surface area (Å²) in [6.07, 6.45) is -5.97. The lowest BCUT2D eigenvalue weighted by Gasteiger charge is -2.18. The minimum atomic E-state index is -4.56. The van der Waals surface area contributed by atoms with Crippen LogP contribution < -0.4 is 5.32 Å². The van der Waals surface area contributed by atoms with Gasteiger partial charge in [0.1, 0.15) is 0 Å². The van der Waals surface area contributed by atoms with Gasteiger partial charge < -0.3 is 10.4 Å². The first kappa shape index (κ1) is 18.3. The van der Waals surface area contributed by atoms with Gasteiger partial charge in [0.25, 0.3) is 0 Å². The Balaban J connectivity index is 1.97. The third kappa shape index (κ3) is 4.97. The molecule has 0 radical (unpaired) electrons. The topological polar surface area (TPSA) is 49.3 Å². The molecule has 7 heteroatoms. The van der Waals surface area contributed by atoms with Gasteiger partial charge in [-0.1, -0.05) is 41.9 Å². The smallest absolute Gasteiger partial charge is 0.387 e. The average molecular weight is 358 g/mol. The summed E-state index contributed by atoms with van der Waals surface area (Å²) >= 11 is 5.74. The Kier molecular flexibility index (Phi) is 5.85. The summed E-state index contributed by atoms with van der Waals surface area (Å²) < 4.78 is 38.8. The van der Waals surface area contributed by atoms with Crippen LogP contribution in [0.4, 0.5) is 13.2 Å². The van der Waals surface area contributed by atoms with Crippen molar-refractivity contribution in [1.29, 1.82) is 0 Å². The molecule has 1 unspecified atom stereocenters. The van der Waals surface area contributed by atoms with Gasteiger partial charge in [0.15, 0.2) is 0 Å². The second-order valence-corrected chi connectivity index (χ2v) is 5.64. The first-order valence-electron chi connectivity index (χ1n) is 7.12. The molecule has 128 valence electrons. The first-order valence-corrected chi connectivity index (χ1v) is 7.50. The van der Waals surface area contributed by atoms with Crippen LogP contribution in [-0.2, 0) is 17.4 Å². The van der Waals surface area contributed by atoms with E-state index in [1.54, 1.807) is 24.3 Å². The molecule has 24 heavy (non-hydrogen) atoms. The Labute approximate surface area is 142 Å². The third-order valence-electron chi connectivity index (χ3n) is 3.40. The molecular weight excluding hydrogens is 343 g/mol. The predicted molar refractivity (Wildman–Crippen MR) is 84.6 cm³/mol. The predicted octanol–water partition coefficient (Wildman–Crippen LogP) is 3.75. The van der Waals surface area contributed by atoms with E-state index in [-0.39, 0.29) is 18.5 Å². The number of alkyl halides is 3. The van der Waals surface area contributed by atoms with E-state index >= 15 is 0 Å². The zero-order valence-electron chi connectivity index (χ0n) is 12.5. The number of hydrogen-bond donors (Lipinski definition) is 2. The molecule has 0 spiro atoms. The second-order valence-electron chi connectivity index (χ2n) is 5.21. The van der Waals surface area contributed by atoms with Crippen molar-refractivity contribution in [2.75, 3.05) is 6.54 Å². The molecule has 0 fully saturated rings. The number of amides is 1. The number of rotatable bonds is 5. The standard InChI is InChI=1S/C17H15ClF3NO2/c18-12-7-5-11(6-8-12)9-16(24)22-10-15(23)13-3-1-2-4-14(13)17(19,20)21/h1-8,15,23H,9-10H2,(H,22,24). The van der Waals surface area contributed by atoms with Crippen LogP contribution in [0.25, 0.3) is 0 Å². The highest BCUT2D eigenvalue weighted by molar-refractivity contribution is 6.30. The van der Waals surface area contributed by atoms with Crippen LogP contribution in [0.2, 0.25) is 5.02 Å². The summed E-state index contributed by atoms with van der Waals surface area (Å²) in [5, 5.41) is 13.0. The molecule has 0 aliphatic rings. The molecule has 2 aromatic carbocycles. The van der Waals surface area contributed by atoms with Crippen molar-refractivity contribution in [2.24, 2.45) is 0 Å². The fourth-order valence-electron chi connectivity index (χ4n) is 2.22. The number of aliphatic hydroxyl groups is 1. The summed E-state index contributed by atoms with van der Waals surface area (Å²) in [6, 6.07) is 11.4. The van der Waals surface area contributed by atoms with E-state index in [4.69, 9.17) is 11.6 Å². The molecule has 2 N–H and O–H groups in total. The molecule has 1 atom stereocenters. The SMILES string of the molecule is O=C(Cc1ccc(Cl)cc1)NCC(O)c1ccccc1C(F)(F)F. The van der Waals surface area contributed by atoms with Crippen LogP contribution in [0.5, 0.6) is 0 Å². The number of carbonyl (C=O) groups is 1. The molecule has 0 bridgehead atoms. The Morgan fingerprint density at radius 3 is 2.38 bits per heavy atom. The number of aliphatic hydroxyl groups excluding tert-OH is 1. The van der Waals surface area contributed by atoms with Crippen molar-refractivity contribution in [3.63, 3.8) is 0 Å². The minimum Gasteiger partial charge on any atom is -0.387 e. The van der Waals surface area contributed by atoms with E-state index in [0.717, 1.165) is 6.07 Å². The number of carbonyl (C=O) groups excluding carboxylic acids is 1. The highest BCUT2D eigenvalue weighted by Gasteiger charge is 2.34. The first-order chi connectivity index (χ1) is 11.3. The second kappa shape index (κ2) is 7.68. The molecule has 2 aromatic rings. The molecule has 0 aliphatic heterocycles. The largest absolute Gasteiger partial charge is 0.416 e. The Bertz CT molecular complexity index is 702. The molecule has 3 nitrogen and oxygen atoms in total. The van der Waals surface area contributed by atoms with Gasteiger partial charge in [0.2, 0.25) is 5.91 Å². The molecule has 0 saturated heterocycles. The molecule has 0 aliphatic carbocycles. The Morgan fingerprint density at radius 2 is 1.75 bits per heavy atom. The van der Waals surface area contributed by atoms with E-state index in [1.165, 1.54) is 18.2 Å². The molecule has 0 aromatic heterocycles. The maximum absolute atomic E-state index is 12.9. The van der Waals surface area contributed by atoms with Gasteiger partial charge in [0, 0.05) is 11.6 Å². The summed E-state index contributed by atoms with van der Waals surface area (Å²) in [6.45, 7) is -0.306. The summed E-state index contributed by atoms with van der Waals surface area (Å²) in [4.78, 5) is 11.8. The van der Waals surface area contributed by atoms with E-state index < -0.39 is 23.8 Å². The molecular formula is C17H15ClF3NO2. The lowest BCUT2D eigenvalue weighted by Crippen LogP contribution is -2.30. The van der Waals surface area contributed by atoms with Crippen molar-refractivity contribution in [3.8, 4) is 0 Å². The number of benzene rings is 2. The monoisotopic (exact) mass is 357 g/mol. The van der Waals surface area contributed by atoms with Gasteiger partial charge in [-0.05, 0) is 29.3 Å². The summed E-state index contributed by atoms with van der Waals surface area (Å²) in [5.74, 6) is -0.402. The minimum absolute atomic E-state index is 0.0464. The average Bonchev–Trinajstić information content (AvgIpc) is 2.54. The maximum Gasteiger partial charge on any atom is 0.416 e. The van der Waals surface area contributed by atoms with Gasteiger partial charge in [-0.2, -0.15) is 13.2 Å². The van der Waals surface area contributed by atoms with E-state index in [0.29, 0.717) is 10.6 Å². The van der Waals surface area contributed by atoms with E-state index in [1.807, 2.05) is 0 Å². The van der Waals surface area contributed by atoms with Crippen molar-refractivity contribution in [2.45, 2.75) is 18.7 Å². The van der Waals surface area contributed by atoms with E-state index in [9.17, 15) is 23.1 Å². The zero-order chi connectivity index (χ0) is 17.7. The normalized spacial score (nSPS) is 12.7. The molecule has 0 heterocycles. The fraction of sp³-hybridized carbons (Fsp3) is 0.235. The van der Waals surface area contributed by atoms with Gasteiger partial charge in [0.05, 0.1) is 18.1 Å². The van der Waals surface area contributed by atoms with Gasteiger partial charge in [-0.25, -0.2) is 0 Å². The Morgan fingerprint density at radius 1 is 1.12 bits per heavy atom. The fourth-order valence-corrected chi connectivity index (χ4v) is 2.34. The molecule has 1 amide bonds. The number of halogens is 4. The van der Waals surface area contributed by atoms with Crippen LogP contribution in [0.1, 0.15) is 22.8 Å². The number of hydrogen-bond acceptors (Lipinski definition) is 2. The van der Waals surface area contributed by atoms with Crippen LogP contribution in [0.15, 0.2) is 48.5 Å². The zero-order valence-corrected chi connectivity index (χ0v) is 13.2. The quantitative estimate of drug-likeness (QED) is 0.856. The van der Waals surface area contributed by atoms with Crippen molar-refractivity contribution in [3.05, 3.63) is 70.2 Å². The van der Waals surface area contributed by atoms with Crippen molar-refractivity contribution < 1.29 is 23.1 Å². The van der Waals surface area contributed by atoms with Crippen LogP contribution >= 0.6 is 11.6 Å². The molecule has 0 saturated carbocycles. The van der Waals surface area contributed by atoms with Crippen LogP contribution in [-0.4, -0.2) is 17.6 Å². The summed E-state index contributed by atoms with van der Waals surface area (Å²) in [7, 11) is 0. The van der Waals surface area contributed by atoms with Crippen LogP contribution in [0, 0.1) is 0 Å². The van der Waals surface area contributed by atoms with Gasteiger partial charge >= 0.3 is 6.18 Å². The lowest BCUT2D eigenvalue weighted by molar-refractivity contribution is -0.139. The highest BCUT2D eigenvalue weighted by Crippen LogP contribution is 2.34. The third-order valence-corrected chi connectivity index (χ3v) is 3.65. The van der Waals surface area contributed by atoms with Crippen molar-refractivity contribution in [1.82, 2.24) is 5.32 Å². The van der Waals surface area contributed by atoms with Crippen LogP contribution in [0.3, 0.4) is 0 Å². The summed E-state index contributed by atoms with van der Waals surface area (Å²) in [5.41, 5.74) is -0.469. The molecule has 2 rings (SSSR count). The maximum atomic E-state index is 12.9. The van der Waals surface area contributed by atoms with Crippen molar-refractivity contribution >= 4 is 17.5 Å². The Hall–Kier alpha value is -2.05. The number of nitrogens with one attached hydrogen (secondary N) is 1. The van der Waals surface area contributed by atoms with Gasteiger partial charge in [-0.3, -0.25) is 4.79 Å². The van der Waals surface area contributed by atoms with E-state index in [2.05, 4.69) is 5.32 Å².